The van der Waals surface area contributed by atoms with Crippen LogP contribution in [0.1, 0.15) is 0 Å². The molecule has 1 fully saturated rings. The summed E-state index contributed by atoms with van der Waals surface area (Å²) in [6.07, 6.45) is -0.955. The van der Waals surface area contributed by atoms with Crippen molar-refractivity contribution < 1.29 is 17.9 Å². The molecular formula is C10H11ClFNO3S. The van der Waals surface area contributed by atoms with Gasteiger partial charge in [0.25, 0.3) is 0 Å². The molecule has 2 unspecified atom stereocenters. The second-order valence-electron chi connectivity index (χ2n) is 4.02. The van der Waals surface area contributed by atoms with Crippen molar-refractivity contribution in [2.24, 2.45) is 0 Å². The van der Waals surface area contributed by atoms with Crippen molar-refractivity contribution in [1.29, 1.82) is 0 Å². The third-order valence-corrected chi connectivity index (χ3v) is 4.60. The highest BCUT2D eigenvalue weighted by molar-refractivity contribution is 7.91. The summed E-state index contributed by atoms with van der Waals surface area (Å²) < 4.78 is 35.5. The van der Waals surface area contributed by atoms with Gasteiger partial charge in [-0.05, 0) is 18.2 Å². The molecule has 1 aromatic rings. The van der Waals surface area contributed by atoms with Crippen molar-refractivity contribution >= 4 is 27.1 Å². The van der Waals surface area contributed by atoms with Gasteiger partial charge in [0, 0.05) is 5.69 Å². The summed E-state index contributed by atoms with van der Waals surface area (Å²) in [5, 5.41) is 12.3. The third kappa shape index (κ3) is 2.88. The first kappa shape index (κ1) is 12.6. The van der Waals surface area contributed by atoms with Crippen LogP contribution in [0, 0.1) is 5.82 Å². The monoisotopic (exact) mass is 279 g/mol. The number of sulfone groups is 1. The van der Waals surface area contributed by atoms with Crippen molar-refractivity contribution in [2.75, 3.05) is 16.8 Å². The highest BCUT2D eigenvalue weighted by atomic mass is 35.5. The summed E-state index contributed by atoms with van der Waals surface area (Å²) in [5.74, 6) is -0.931. The minimum Gasteiger partial charge on any atom is -0.390 e. The van der Waals surface area contributed by atoms with Crippen LogP contribution in [-0.4, -0.2) is 37.2 Å². The molecule has 1 heterocycles. The quantitative estimate of drug-likeness (QED) is 0.849. The predicted molar refractivity (Wildman–Crippen MR) is 63.5 cm³/mol. The molecule has 0 radical (unpaired) electrons. The van der Waals surface area contributed by atoms with Gasteiger partial charge in [0.1, 0.15) is 5.82 Å². The molecule has 2 rings (SSSR count). The lowest BCUT2D eigenvalue weighted by Crippen LogP contribution is -2.31. The molecule has 2 N–H and O–H groups in total. The van der Waals surface area contributed by atoms with Crippen LogP contribution in [0.5, 0.6) is 0 Å². The van der Waals surface area contributed by atoms with E-state index in [1.807, 2.05) is 0 Å². The number of halogens is 2. The van der Waals surface area contributed by atoms with Gasteiger partial charge in [-0.15, -0.1) is 0 Å². The maximum Gasteiger partial charge on any atom is 0.155 e. The molecule has 0 aliphatic carbocycles. The van der Waals surface area contributed by atoms with Crippen molar-refractivity contribution in [2.45, 2.75) is 12.1 Å². The van der Waals surface area contributed by atoms with E-state index >= 15 is 0 Å². The Morgan fingerprint density at radius 2 is 2.12 bits per heavy atom. The molecule has 1 aromatic carbocycles. The van der Waals surface area contributed by atoms with E-state index in [2.05, 4.69) is 5.32 Å². The van der Waals surface area contributed by atoms with Gasteiger partial charge in [-0.2, -0.15) is 0 Å². The summed E-state index contributed by atoms with van der Waals surface area (Å²) in [6, 6.07) is 3.40. The first-order chi connectivity index (χ1) is 7.87. The van der Waals surface area contributed by atoms with Crippen LogP contribution < -0.4 is 5.32 Å². The zero-order chi connectivity index (χ0) is 12.6. The van der Waals surface area contributed by atoms with E-state index < -0.39 is 27.8 Å². The fraction of sp³-hybridized carbons (Fsp3) is 0.400. The average Bonchev–Trinajstić information content (AvgIpc) is 2.46. The van der Waals surface area contributed by atoms with E-state index in [0.29, 0.717) is 5.69 Å². The lowest BCUT2D eigenvalue weighted by Gasteiger charge is -2.16. The van der Waals surface area contributed by atoms with Crippen LogP contribution in [0.3, 0.4) is 0 Å². The van der Waals surface area contributed by atoms with E-state index in [4.69, 9.17) is 11.6 Å². The maximum atomic E-state index is 12.9. The Morgan fingerprint density at radius 3 is 2.65 bits per heavy atom. The number of nitrogens with one attached hydrogen (secondary N) is 1. The van der Waals surface area contributed by atoms with Crippen LogP contribution >= 0.6 is 11.6 Å². The van der Waals surface area contributed by atoms with Gasteiger partial charge in [0.15, 0.2) is 9.84 Å². The van der Waals surface area contributed by atoms with E-state index in [0.717, 1.165) is 0 Å². The van der Waals surface area contributed by atoms with Crippen LogP contribution in [0.2, 0.25) is 5.02 Å². The van der Waals surface area contributed by atoms with Crippen molar-refractivity contribution in [3.63, 3.8) is 0 Å². The smallest absolute Gasteiger partial charge is 0.155 e. The zero-order valence-corrected chi connectivity index (χ0v) is 10.3. The van der Waals surface area contributed by atoms with E-state index in [1.165, 1.54) is 18.2 Å². The Morgan fingerprint density at radius 1 is 1.41 bits per heavy atom. The minimum absolute atomic E-state index is 0.0506. The second-order valence-corrected chi connectivity index (χ2v) is 6.58. The molecule has 0 bridgehead atoms. The maximum absolute atomic E-state index is 12.9. The van der Waals surface area contributed by atoms with Crippen molar-refractivity contribution in [3.8, 4) is 0 Å². The standard InChI is InChI=1S/C10H11ClFNO3S/c11-7-3-6(1-2-8(7)12)13-9-4-17(15,16)5-10(9)14/h1-3,9-10,13-14H,4-5H2. The molecule has 0 saturated carbocycles. The Kier molecular flexibility index (Phi) is 3.29. The van der Waals surface area contributed by atoms with Crippen LogP contribution in [0.25, 0.3) is 0 Å². The topological polar surface area (TPSA) is 66.4 Å². The Balaban J connectivity index is 2.14. The normalized spacial score (nSPS) is 27.0. The second kappa shape index (κ2) is 4.44. The van der Waals surface area contributed by atoms with Crippen molar-refractivity contribution in [1.82, 2.24) is 0 Å². The molecule has 1 saturated heterocycles. The summed E-state index contributed by atoms with van der Waals surface area (Å²) in [5.41, 5.74) is 0.484. The molecule has 1 aliphatic heterocycles. The Bertz CT molecular complexity index is 534. The lowest BCUT2D eigenvalue weighted by atomic mass is 10.2. The van der Waals surface area contributed by atoms with Gasteiger partial charge >= 0.3 is 0 Å². The number of benzene rings is 1. The molecule has 0 spiro atoms. The van der Waals surface area contributed by atoms with Gasteiger partial charge < -0.3 is 10.4 Å². The summed E-state index contributed by atoms with van der Waals surface area (Å²) in [4.78, 5) is 0. The molecule has 4 nitrogen and oxygen atoms in total. The van der Waals surface area contributed by atoms with Gasteiger partial charge in [0.05, 0.1) is 28.7 Å². The first-order valence-corrected chi connectivity index (χ1v) is 7.17. The molecule has 7 heteroatoms. The molecule has 94 valence electrons. The van der Waals surface area contributed by atoms with E-state index in [-0.39, 0.29) is 16.5 Å². The van der Waals surface area contributed by atoms with Crippen LogP contribution in [0.15, 0.2) is 18.2 Å². The number of hydrogen-bond donors (Lipinski definition) is 2. The average molecular weight is 280 g/mol. The fourth-order valence-corrected chi connectivity index (χ4v) is 3.69. The van der Waals surface area contributed by atoms with Gasteiger partial charge in [0.2, 0.25) is 0 Å². The molecule has 1 aliphatic rings. The molecule has 0 aromatic heterocycles. The Labute approximate surface area is 103 Å². The van der Waals surface area contributed by atoms with Gasteiger partial charge in [-0.3, -0.25) is 0 Å². The fourth-order valence-electron chi connectivity index (χ4n) is 1.77. The Hall–Kier alpha value is -0.850. The molecule has 0 amide bonds. The number of aliphatic hydroxyl groups is 1. The van der Waals surface area contributed by atoms with E-state index in [9.17, 15) is 17.9 Å². The largest absolute Gasteiger partial charge is 0.390 e. The molecular weight excluding hydrogens is 269 g/mol. The highest BCUT2D eigenvalue weighted by Gasteiger charge is 2.36. The SMILES string of the molecule is O=S1(=O)CC(O)C(Nc2ccc(F)c(Cl)c2)C1. The number of hydrogen-bond acceptors (Lipinski definition) is 4. The third-order valence-electron chi connectivity index (χ3n) is 2.59. The predicted octanol–water partition coefficient (Wildman–Crippen LogP) is 1.05. The van der Waals surface area contributed by atoms with Crippen LogP contribution in [0.4, 0.5) is 10.1 Å². The van der Waals surface area contributed by atoms with Gasteiger partial charge in [-0.25, -0.2) is 12.8 Å². The zero-order valence-electron chi connectivity index (χ0n) is 8.73. The summed E-state index contributed by atoms with van der Waals surface area (Å²) in [7, 11) is -3.20. The summed E-state index contributed by atoms with van der Waals surface area (Å²) >= 11 is 5.60. The van der Waals surface area contributed by atoms with Crippen LogP contribution in [-0.2, 0) is 9.84 Å². The summed E-state index contributed by atoms with van der Waals surface area (Å²) in [6.45, 7) is 0. The number of anilines is 1. The molecule has 2 atom stereocenters. The lowest BCUT2D eigenvalue weighted by molar-refractivity contribution is 0.190. The number of aliphatic hydroxyl groups excluding tert-OH is 1. The van der Waals surface area contributed by atoms with E-state index in [1.54, 1.807) is 0 Å². The number of rotatable bonds is 2. The molecule has 17 heavy (non-hydrogen) atoms. The highest BCUT2D eigenvalue weighted by Crippen LogP contribution is 2.22. The first-order valence-electron chi connectivity index (χ1n) is 4.97. The minimum atomic E-state index is -3.20. The van der Waals surface area contributed by atoms with Crippen molar-refractivity contribution in [3.05, 3.63) is 29.0 Å². The van der Waals surface area contributed by atoms with Gasteiger partial charge in [-0.1, -0.05) is 11.6 Å².